The summed E-state index contributed by atoms with van der Waals surface area (Å²) in [6, 6.07) is 88.7. The van der Waals surface area contributed by atoms with E-state index in [0.717, 1.165) is 26.9 Å². The molecule has 0 aliphatic rings. The molecular weight excluding hydrogens is 2080 g/mol. The number of hydrogen-bond donors (Lipinski definition) is 7. The molecule has 0 fully saturated rings. The first-order valence-electron chi connectivity index (χ1n) is 42.2. The predicted octanol–water partition coefficient (Wildman–Crippen LogP) is 24.1. The van der Waals surface area contributed by atoms with Gasteiger partial charge in [0, 0.05) is 83.0 Å². The van der Waals surface area contributed by atoms with Crippen molar-refractivity contribution < 1.29 is 77.6 Å². The van der Waals surface area contributed by atoms with E-state index in [1.165, 1.54) is 64.9 Å². The van der Waals surface area contributed by atoms with Gasteiger partial charge in [-0.25, -0.2) is 0 Å². The Bertz CT molecular complexity index is 5580. The summed E-state index contributed by atoms with van der Waals surface area (Å²) in [5.74, 6) is -3.72. The lowest BCUT2D eigenvalue weighted by Gasteiger charge is -2.34. The fraction of sp³-hybridized carbons (Fsp3) is 0.183. The van der Waals surface area contributed by atoms with Crippen molar-refractivity contribution >= 4 is 144 Å². The van der Waals surface area contributed by atoms with Gasteiger partial charge in [0.25, 0.3) is 0 Å². The fourth-order valence-corrected chi connectivity index (χ4v) is 19.7. The van der Waals surface area contributed by atoms with Gasteiger partial charge in [0.15, 0.2) is 0 Å². The first-order valence-corrected chi connectivity index (χ1v) is 48.9. The number of phenolic OH excluding ortho intramolecular Hbond substituents is 2. The maximum Gasteiger partial charge on any atom is 0.236 e. The number of anilines is 5. The monoisotopic (exact) mass is 2190 g/mol. The van der Waals surface area contributed by atoms with Crippen LogP contribution in [0.15, 0.2) is 378 Å². The Morgan fingerprint density at radius 3 is 0.807 bits per heavy atom. The highest BCUT2D eigenvalue weighted by molar-refractivity contribution is 14.1. The van der Waals surface area contributed by atoms with Crippen LogP contribution in [0, 0.1) is 10.8 Å². The molecule has 0 bridgehead atoms. The lowest BCUT2D eigenvalue weighted by atomic mass is 9.89. The lowest BCUT2D eigenvalue weighted by molar-refractivity contribution is -0.117. The molecule has 0 aliphatic carbocycles. The van der Waals surface area contributed by atoms with Crippen LogP contribution in [0.25, 0.3) is 0 Å². The zero-order chi connectivity index (χ0) is 96.5. The molecule has 0 spiro atoms. The highest BCUT2D eigenvalue weighted by atomic mass is 127. The lowest BCUT2D eigenvalue weighted by Crippen LogP contribution is -2.45. The normalized spacial score (nSPS) is 12.1. The molecule has 21 nitrogen and oxygen atoms in total. The van der Waals surface area contributed by atoms with Crippen LogP contribution in [0.4, 0.5) is 28.4 Å². The van der Waals surface area contributed by atoms with E-state index >= 15 is 0 Å². The summed E-state index contributed by atoms with van der Waals surface area (Å²) in [7, 11) is 6.06. The SMILES string of the molecule is BrCC(CBr)(CBr)CBr.C=CC(=C)C(C(=O)Nc1ccccc1)c1cc(OCC(COc2ccc(OC)c(C(C(=C)C=C)C(=O)Nc3ccccc3)c2)(COc2ccc(OC)c(C(C(=C)C=C)C(=O)Nc3ccccc3)c2)COc2ccc(OC)c(C(C(=O)Nc3ccccc3)c3ccccc3)c2)ccc1OC.CI.O.O=C(Nc1ccccc1)C(c1ccccc1)c1cc(O)ccc1O. The standard InChI is InChI=1S/C83H80N4O12.C20H17NO3.C5H8Br4.CH3I.H2O/c1-11-55(4)75(79(88)84-59-31-21-15-22-32-59)67-47-63(39-43-71(67)92-7)96-51-83(52-97-64-40-44-72(93-8)68(48-64)76(56(5)12-2)80(89)85-60-33-23-16-24-34-60,53-98-65-41-45-73(94-9)69(49-65)77(57(6)13-3)81(90)86-61-35-25-17-26-36-61)54-99-66-42-46-74(95-10)70(50-66)78(58-29-19-14-20-30-58)82(91)87-62-37-27-18-28-38-62;22-16-11-12-18(23)17(13-16)19(14-7-3-1-4-8-14)20(24)21-15-9-5-2-6-10-15;6-1-5(2-7,3-8)4-9;1-2;/h11-50,75-78H,1-6,51-54H2,7-10H3,(H,84,88)(H,85,89)(H,86,90)(H,87,91);1-13,19,22-23H,(H,21,24);1-4H2;1H3;1H2. The van der Waals surface area contributed by atoms with Gasteiger partial charge in [-0.05, 0) is 184 Å². The van der Waals surface area contributed by atoms with Crippen LogP contribution in [-0.2, 0) is 24.0 Å². The van der Waals surface area contributed by atoms with E-state index < -0.39 is 52.7 Å². The summed E-state index contributed by atoms with van der Waals surface area (Å²) >= 11 is 16.0. The third kappa shape index (κ3) is 30.3. The molecule has 5 atom stereocenters. The molecular formula is C109H110Br4IN5O16. The van der Waals surface area contributed by atoms with Crippen molar-refractivity contribution in [3.8, 4) is 57.5 Å². The first kappa shape index (κ1) is 107. The van der Waals surface area contributed by atoms with Crippen LogP contribution >= 0.6 is 86.3 Å². The molecule has 0 saturated carbocycles. The quantitative estimate of drug-likeness (QED) is 0.00809. The van der Waals surface area contributed by atoms with E-state index in [4.69, 9.17) is 37.9 Å². The topological polar surface area (TPSA) is 291 Å². The van der Waals surface area contributed by atoms with E-state index in [1.54, 1.807) is 121 Å². The smallest absolute Gasteiger partial charge is 0.236 e. The molecule has 702 valence electrons. The van der Waals surface area contributed by atoms with Crippen LogP contribution in [0.5, 0.6) is 57.5 Å². The minimum atomic E-state index is -1.40. The highest BCUT2D eigenvalue weighted by Gasteiger charge is 2.39. The van der Waals surface area contributed by atoms with Gasteiger partial charge in [-0.3, -0.25) is 24.0 Å². The van der Waals surface area contributed by atoms with Crippen molar-refractivity contribution in [2.75, 3.05) is 108 Å². The van der Waals surface area contributed by atoms with Crippen molar-refractivity contribution in [3.63, 3.8) is 0 Å². The first-order chi connectivity index (χ1) is 65.0. The number of aromatic hydroxyl groups is 2. The molecule has 12 rings (SSSR count). The largest absolute Gasteiger partial charge is 0.508 e. The number of hydrogen-bond acceptors (Lipinski definition) is 15. The van der Waals surface area contributed by atoms with E-state index in [2.05, 4.69) is 152 Å². The zero-order valence-electron chi connectivity index (χ0n) is 75.5. The summed E-state index contributed by atoms with van der Waals surface area (Å²) in [6.07, 6.45) is 4.56. The van der Waals surface area contributed by atoms with Gasteiger partial charge in [-0.2, -0.15) is 0 Å². The molecule has 0 radical (unpaired) electrons. The number of para-hydroxylation sites is 5. The van der Waals surface area contributed by atoms with Crippen molar-refractivity contribution in [1.29, 1.82) is 0 Å². The highest BCUT2D eigenvalue weighted by Crippen LogP contribution is 2.44. The van der Waals surface area contributed by atoms with Crippen LogP contribution in [-0.4, -0.2) is 126 Å². The van der Waals surface area contributed by atoms with Crippen molar-refractivity contribution in [2.24, 2.45) is 10.8 Å². The van der Waals surface area contributed by atoms with Crippen molar-refractivity contribution in [1.82, 2.24) is 0 Å². The van der Waals surface area contributed by atoms with Gasteiger partial charge < -0.3 is 80.2 Å². The number of halogens is 5. The second-order valence-electron chi connectivity index (χ2n) is 30.6. The number of methoxy groups -OCH3 is 4. The number of allylic oxidation sites excluding steroid dienone is 3. The minimum Gasteiger partial charge on any atom is -0.508 e. The molecule has 12 aromatic rings. The van der Waals surface area contributed by atoms with Crippen LogP contribution in [0.3, 0.4) is 0 Å². The Morgan fingerprint density at radius 2 is 0.563 bits per heavy atom. The average molecular weight is 2190 g/mol. The molecule has 5 amide bonds. The van der Waals surface area contributed by atoms with E-state index in [0.29, 0.717) is 130 Å². The van der Waals surface area contributed by atoms with Gasteiger partial charge in [0.2, 0.25) is 29.5 Å². The zero-order valence-corrected chi connectivity index (χ0v) is 84.0. The van der Waals surface area contributed by atoms with Gasteiger partial charge in [-0.15, -0.1) is 0 Å². The minimum absolute atomic E-state index is 0. The summed E-state index contributed by atoms with van der Waals surface area (Å²) < 4.78 is 51.8. The Balaban J connectivity index is 0.000000517. The Morgan fingerprint density at radius 1 is 0.326 bits per heavy atom. The maximum absolute atomic E-state index is 14.7. The molecule has 5 unspecified atom stereocenters. The molecule has 135 heavy (non-hydrogen) atoms. The molecule has 9 N–H and O–H groups in total. The second-order valence-corrected chi connectivity index (χ2v) is 32.9. The van der Waals surface area contributed by atoms with Crippen molar-refractivity contribution in [3.05, 3.63) is 417 Å². The molecule has 12 aromatic carbocycles. The third-order valence-corrected chi connectivity index (χ3v) is 26.1. The number of carbonyl (C=O) groups is 5. The number of nitrogens with one attached hydrogen (secondary N) is 5. The van der Waals surface area contributed by atoms with E-state index in [9.17, 15) is 34.2 Å². The summed E-state index contributed by atoms with van der Waals surface area (Å²) in [6.45, 7) is 23.8. The second kappa shape index (κ2) is 55.0. The molecule has 0 heterocycles. The Hall–Kier alpha value is -13.0. The Kier molecular flexibility index (Phi) is 43.8. The molecule has 0 aromatic heterocycles. The van der Waals surface area contributed by atoms with E-state index in [1.807, 2.05) is 169 Å². The predicted molar refractivity (Wildman–Crippen MR) is 565 cm³/mol. The number of amides is 5. The summed E-state index contributed by atoms with van der Waals surface area (Å²) in [5, 5.41) is 39.0. The van der Waals surface area contributed by atoms with Crippen LogP contribution < -0.4 is 64.5 Å². The van der Waals surface area contributed by atoms with Gasteiger partial charge in [0.05, 0.1) is 58.0 Å². The van der Waals surface area contributed by atoms with Crippen molar-refractivity contribution in [2.45, 2.75) is 29.6 Å². The van der Waals surface area contributed by atoms with Gasteiger partial charge in [0.1, 0.15) is 89.3 Å². The summed E-state index contributed by atoms with van der Waals surface area (Å²) in [5.41, 5.74) is 6.61. The Labute approximate surface area is 837 Å². The van der Waals surface area contributed by atoms with Gasteiger partial charge in [-0.1, -0.05) is 296 Å². The van der Waals surface area contributed by atoms with Gasteiger partial charge >= 0.3 is 0 Å². The number of rotatable bonds is 43. The number of carbonyl (C=O) groups excluding carboxylic acids is 5. The number of ether oxygens (including phenoxy) is 8. The number of phenols is 2. The van der Waals surface area contributed by atoms with E-state index in [-0.39, 0.29) is 55.2 Å². The fourth-order valence-electron chi connectivity index (χ4n) is 14.1. The molecule has 0 saturated heterocycles. The summed E-state index contributed by atoms with van der Waals surface area (Å²) in [4.78, 5) is 73.0. The van der Waals surface area contributed by atoms with Crippen LogP contribution in [0.2, 0.25) is 0 Å². The average Bonchev–Trinajstić information content (AvgIpc) is 0.809. The number of benzene rings is 12. The van der Waals surface area contributed by atoms with Crippen LogP contribution in [0.1, 0.15) is 68.5 Å². The molecule has 0 aliphatic heterocycles. The molecule has 26 heteroatoms. The number of alkyl halides is 5. The third-order valence-electron chi connectivity index (χ3n) is 21.4. The maximum atomic E-state index is 14.7.